The van der Waals surface area contributed by atoms with Crippen molar-refractivity contribution in [3.63, 3.8) is 0 Å². The average Bonchev–Trinajstić information content (AvgIpc) is 2.44. The summed E-state index contributed by atoms with van der Waals surface area (Å²) in [4.78, 5) is 27.5. The smallest absolute Gasteiger partial charge is 0.244 e. The zero-order chi connectivity index (χ0) is 16.0. The van der Waals surface area contributed by atoms with Crippen LogP contribution in [0.5, 0.6) is 0 Å². The SMILES string of the molecule is CNC(=O)CCN(C)C(=O)[C@H](c1cccc(C)c1)N(C)C. The van der Waals surface area contributed by atoms with E-state index in [1.54, 1.807) is 19.0 Å². The van der Waals surface area contributed by atoms with Crippen molar-refractivity contribution in [2.45, 2.75) is 19.4 Å². The fraction of sp³-hybridized carbons (Fsp3) is 0.500. The fourth-order valence-corrected chi connectivity index (χ4v) is 2.21. The van der Waals surface area contributed by atoms with Gasteiger partial charge in [-0.05, 0) is 26.6 Å². The first-order valence-corrected chi connectivity index (χ1v) is 7.05. The molecular weight excluding hydrogens is 266 g/mol. The first kappa shape index (κ1) is 17.2. The summed E-state index contributed by atoms with van der Waals surface area (Å²) in [7, 11) is 7.10. The molecule has 0 fully saturated rings. The zero-order valence-electron chi connectivity index (χ0n) is 13.5. The predicted octanol–water partition coefficient (Wildman–Crippen LogP) is 1.19. The Kier molecular flexibility index (Phi) is 6.37. The number of carbonyl (C=O) groups excluding carboxylic acids is 2. The number of nitrogens with one attached hydrogen (secondary N) is 1. The van der Waals surface area contributed by atoms with Crippen molar-refractivity contribution in [3.05, 3.63) is 35.4 Å². The van der Waals surface area contributed by atoms with Crippen LogP contribution in [0.25, 0.3) is 0 Å². The second kappa shape index (κ2) is 7.78. The molecule has 21 heavy (non-hydrogen) atoms. The van der Waals surface area contributed by atoms with E-state index in [1.807, 2.05) is 50.2 Å². The minimum Gasteiger partial charge on any atom is -0.359 e. The maximum absolute atomic E-state index is 12.6. The molecule has 2 amide bonds. The number of likely N-dealkylation sites (N-methyl/N-ethyl adjacent to an activating group) is 2. The summed E-state index contributed by atoms with van der Waals surface area (Å²) in [6, 6.07) is 7.62. The standard InChI is InChI=1S/C16H25N3O2/c1-12-7-6-8-13(11-12)15(18(3)4)16(21)19(5)10-9-14(20)17-2/h6-8,11,15H,9-10H2,1-5H3,(H,17,20)/t15-/m0/s1. The summed E-state index contributed by atoms with van der Waals surface area (Å²) in [6.07, 6.45) is 0.312. The van der Waals surface area contributed by atoms with Gasteiger partial charge in [0.05, 0.1) is 0 Å². The van der Waals surface area contributed by atoms with E-state index in [1.165, 1.54) is 0 Å². The van der Waals surface area contributed by atoms with Gasteiger partial charge in [0.25, 0.3) is 0 Å². The monoisotopic (exact) mass is 291 g/mol. The van der Waals surface area contributed by atoms with E-state index in [-0.39, 0.29) is 17.9 Å². The molecule has 0 aliphatic rings. The van der Waals surface area contributed by atoms with E-state index in [4.69, 9.17) is 0 Å². The molecule has 0 aliphatic carbocycles. The molecular formula is C16H25N3O2. The number of hydrogen-bond donors (Lipinski definition) is 1. The number of nitrogens with zero attached hydrogens (tertiary/aromatic N) is 2. The highest BCUT2D eigenvalue weighted by Crippen LogP contribution is 2.21. The Labute approximate surface area is 126 Å². The summed E-state index contributed by atoms with van der Waals surface area (Å²) in [6.45, 7) is 2.42. The molecule has 0 aromatic heterocycles. The Bertz CT molecular complexity index is 500. The molecule has 1 rings (SSSR count). The average molecular weight is 291 g/mol. The Morgan fingerprint density at radius 3 is 2.43 bits per heavy atom. The molecule has 0 unspecified atom stereocenters. The van der Waals surface area contributed by atoms with Crippen LogP contribution in [0.4, 0.5) is 0 Å². The van der Waals surface area contributed by atoms with E-state index in [2.05, 4.69) is 5.32 Å². The minimum atomic E-state index is -0.334. The number of amides is 2. The number of carbonyl (C=O) groups is 2. The Balaban J connectivity index is 2.85. The first-order chi connectivity index (χ1) is 9.86. The van der Waals surface area contributed by atoms with Gasteiger partial charge in [-0.25, -0.2) is 0 Å². The Hall–Kier alpha value is -1.88. The van der Waals surface area contributed by atoms with Gasteiger partial charge in [0.15, 0.2) is 0 Å². The van der Waals surface area contributed by atoms with Gasteiger partial charge >= 0.3 is 0 Å². The van der Waals surface area contributed by atoms with Crippen LogP contribution in [0.3, 0.4) is 0 Å². The van der Waals surface area contributed by atoms with Crippen LogP contribution in [-0.2, 0) is 9.59 Å². The summed E-state index contributed by atoms with van der Waals surface area (Å²) in [5.74, 6) is -0.0684. The highest BCUT2D eigenvalue weighted by atomic mass is 16.2. The summed E-state index contributed by atoms with van der Waals surface area (Å²) in [5, 5.41) is 2.56. The third kappa shape index (κ3) is 4.86. The van der Waals surface area contributed by atoms with Crippen molar-refractivity contribution < 1.29 is 9.59 Å². The molecule has 5 heteroatoms. The van der Waals surface area contributed by atoms with Crippen molar-refractivity contribution in [2.24, 2.45) is 0 Å². The Morgan fingerprint density at radius 1 is 1.24 bits per heavy atom. The number of benzene rings is 1. The van der Waals surface area contributed by atoms with Crippen molar-refractivity contribution >= 4 is 11.8 Å². The highest BCUT2D eigenvalue weighted by Gasteiger charge is 2.26. The van der Waals surface area contributed by atoms with Gasteiger partial charge in [-0.1, -0.05) is 29.8 Å². The summed E-state index contributed by atoms with van der Waals surface area (Å²) in [5.41, 5.74) is 2.09. The van der Waals surface area contributed by atoms with Crippen molar-refractivity contribution in [1.29, 1.82) is 0 Å². The van der Waals surface area contributed by atoms with E-state index in [0.717, 1.165) is 11.1 Å². The van der Waals surface area contributed by atoms with Crippen LogP contribution in [0.1, 0.15) is 23.6 Å². The lowest BCUT2D eigenvalue weighted by Gasteiger charge is -2.28. The molecule has 0 saturated carbocycles. The number of aryl methyl sites for hydroxylation is 1. The van der Waals surface area contributed by atoms with Gasteiger partial charge in [0.1, 0.15) is 6.04 Å². The molecule has 0 bridgehead atoms. The van der Waals surface area contributed by atoms with Crippen LogP contribution in [-0.4, -0.2) is 56.3 Å². The van der Waals surface area contributed by atoms with Crippen molar-refractivity contribution in [1.82, 2.24) is 15.1 Å². The van der Waals surface area contributed by atoms with Gasteiger partial charge in [0, 0.05) is 27.1 Å². The second-order valence-electron chi connectivity index (χ2n) is 5.46. The lowest BCUT2D eigenvalue weighted by Crippen LogP contribution is -2.39. The normalized spacial score (nSPS) is 12.1. The second-order valence-corrected chi connectivity index (χ2v) is 5.46. The van der Waals surface area contributed by atoms with E-state index >= 15 is 0 Å². The van der Waals surface area contributed by atoms with Crippen molar-refractivity contribution in [3.8, 4) is 0 Å². The van der Waals surface area contributed by atoms with Crippen LogP contribution < -0.4 is 5.32 Å². The van der Waals surface area contributed by atoms with Gasteiger partial charge < -0.3 is 10.2 Å². The molecule has 0 heterocycles. The van der Waals surface area contributed by atoms with E-state index in [9.17, 15) is 9.59 Å². The van der Waals surface area contributed by atoms with Gasteiger partial charge in [-0.3, -0.25) is 14.5 Å². The van der Waals surface area contributed by atoms with Crippen molar-refractivity contribution in [2.75, 3.05) is 34.7 Å². The number of hydrogen-bond acceptors (Lipinski definition) is 3. The minimum absolute atomic E-state index is 0.00509. The van der Waals surface area contributed by atoms with Gasteiger partial charge in [0.2, 0.25) is 11.8 Å². The van der Waals surface area contributed by atoms with E-state index < -0.39 is 0 Å². The van der Waals surface area contributed by atoms with Gasteiger partial charge in [-0.15, -0.1) is 0 Å². The quantitative estimate of drug-likeness (QED) is 0.856. The molecule has 0 saturated heterocycles. The lowest BCUT2D eigenvalue weighted by molar-refractivity contribution is -0.135. The van der Waals surface area contributed by atoms with Crippen LogP contribution in [0, 0.1) is 6.92 Å². The fourth-order valence-electron chi connectivity index (χ4n) is 2.21. The summed E-state index contributed by atoms with van der Waals surface area (Å²) >= 11 is 0. The van der Waals surface area contributed by atoms with Crippen LogP contribution >= 0.6 is 0 Å². The topological polar surface area (TPSA) is 52.7 Å². The van der Waals surface area contributed by atoms with E-state index in [0.29, 0.717) is 13.0 Å². The Morgan fingerprint density at radius 2 is 1.90 bits per heavy atom. The molecule has 116 valence electrons. The molecule has 1 atom stereocenters. The molecule has 0 aliphatic heterocycles. The molecule has 1 aromatic rings. The maximum atomic E-state index is 12.6. The molecule has 5 nitrogen and oxygen atoms in total. The van der Waals surface area contributed by atoms with Crippen LogP contribution in [0.2, 0.25) is 0 Å². The molecule has 0 radical (unpaired) electrons. The lowest BCUT2D eigenvalue weighted by atomic mass is 10.0. The van der Waals surface area contributed by atoms with Gasteiger partial charge in [-0.2, -0.15) is 0 Å². The molecule has 0 spiro atoms. The van der Waals surface area contributed by atoms with Crippen LogP contribution in [0.15, 0.2) is 24.3 Å². The maximum Gasteiger partial charge on any atom is 0.244 e. The molecule has 1 N–H and O–H groups in total. The predicted molar refractivity (Wildman–Crippen MR) is 83.9 cm³/mol. The summed E-state index contributed by atoms with van der Waals surface area (Å²) < 4.78 is 0. The number of rotatable bonds is 6. The third-order valence-electron chi connectivity index (χ3n) is 3.44. The highest BCUT2D eigenvalue weighted by molar-refractivity contribution is 5.84. The third-order valence-corrected chi connectivity index (χ3v) is 3.44. The first-order valence-electron chi connectivity index (χ1n) is 7.05. The largest absolute Gasteiger partial charge is 0.359 e. The zero-order valence-corrected chi connectivity index (χ0v) is 13.5. The molecule has 1 aromatic carbocycles.